The number of thiocarbonyl (C=S) groups is 1. The smallest absolute Gasteiger partial charge is 0.238 e. The van der Waals surface area contributed by atoms with Gasteiger partial charge in [0.05, 0.1) is 18.8 Å². The lowest BCUT2D eigenvalue weighted by Crippen LogP contribution is -2.32. The van der Waals surface area contributed by atoms with E-state index < -0.39 is 0 Å². The number of para-hydroxylation sites is 1. The maximum absolute atomic E-state index is 11.9. The monoisotopic (exact) mass is 281 g/mol. The fourth-order valence-electron chi connectivity index (χ4n) is 1.57. The molecule has 0 aliphatic heterocycles. The van der Waals surface area contributed by atoms with Crippen molar-refractivity contribution in [1.29, 1.82) is 0 Å². The molecule has 0 bridgehead atoms. The van der Waals surface area contributed by atoms with Crippen molar-refractivity contribution < 1.29 is 9.53 Å². The first-order valence-electron chi connectivity index (χ1n) is 5.90. The molecule has 3 N–H and O–H groups in total. The van der Waals surface area contributed by atoms with E-state index in [9.17, 15) is 4.79 Å². The highest BCUT2D eigenvalue weighted by Gasteiger charge is 2.10. The molecule has 0 aliphatic rings. The number of nitrogens with one attached hydrogen (secondary N) is 1. The van der Waals surface area contributed by atoms with E-state index in [2.05, 4.69) is 5.32 Å². The molecule has 0 aliphatic carbocycles. The predicted molar refractivity (Wildman–Crippen MR) is 80.3 cm³/mol. The molecule has 0 spiro atoms. The predicted octanol–water partition coefficient (Wildman–Crippen LogP) is 0.838. The largest absolute Gasteiger partial charge is 0.389 e. The summed E-state index contributed by atoms with van der Waals surface area (Å²) in [5.74, 6) is -0.109. The highest BCUT2D eigenvalue weighted by atomic mass is 32.1. The van der Waals surface area contributed by atoms with E-state index >= 15 is 0 Å². The van der Waals surface area contributed by atoms with Crippen molar-refractivity contribution in [3.05, 3.63) is 29.8 Å². The first-order valence-corrected chi connectivity index (χ1v) is 6.31. The van der Waals surface area contributed by atoms with Gasteiger partial charge in [-0.2, -0.15) is 0 Å². The Bertz CT molecular complexity index is 451. The Morgan fingerprint density at radius 2 is 2.16 bits per heavy atom. The Morgan fingerprint density at radius 3 is 2.79 bits per heavy atom. The van der Waals surface area contributed by atoms with Crippen LogP contribution in [0.3, 0.4) is 0 Å². The number of methoxy groups -OCH3 is 1. The van der Waals surface area contributed by atoms with Crippen LogP contribution < -0.4 is 11.1 Å². The Balaban J connectivity index is 2.60. The lowest BCUT2D eigenvalue weighted by molar-refractivity contribution is -0.117. The fraction of sp³-hybridized carbons (Fsp3) is 0.385. The maximum atomic E-state index is 11.9. The second kappa shape index (κ2) is 7.83. The van der Waals surface area contributed by atoms with Gasteiger partial charge < -0.3 is 15.8 Å². The third-order valence-electron chi connectivity index (χ3n) is 2.56. The summed E-state index contributed by atoms with van der Waals surface area (Å²) in [5, 5.41) is 2.81. The summed E-state index contributed by atoms with van der Waals surface area (Å²) in [6, 6.07) is 7.22. The van der Waals surface area contributed by atoms with Crippen LogP contribution in [-0.4, -0.2) is 49.6 Å². The van der Waals surface area contributed by atoms with Gasteiger partial charge >= 0.3 is 0 Å². The third kappa shape index (κ3) is 5.34. The Kier molecular flexibility index (Phi) is 6.41. The van der Waals surface area contributed by atoms with Crippen LogP contribution >= 0.6 is 12.2 Å². The van der Waals surface area contributed by atoms with E-state index in [1.54, 1.807) is 19.2 Å². The zero-order chi connectivity index (χ0) is 14.3. The lowest BCUT2D eigenvalue weighted by atomic mass is 10.2. The van der Waals surface area contributed by atoms with E-state index in [1.165, 1.54) is 0 Å². The molecule has 19 heavy (non-hydrogen) atoms. The number of hydrogen-bond acceptors (Lipinski definition) is 4. The van der Waals surface area contributed by atoms with Gasteiger partial charge in [0.25, 0.3) is 0 Å². The van der Waals surface area contributed by atoms with Crippen LogP contribution in [-0.2, 0) is 9.53 Å². The average Bonchev–Trinajstić information content (AvgIpc) is 2.36. The summed E-state index contributed by atoms with van der Waals surface area (Å²) in [6.07, 6.45) is 0. The van der Waals surface area contributed by atoms with Crippen molar-refractivity contribution >= 4 is 28.8 Å². The van der Waals surface area contributed by atoms with Crippen LogP contribution in [0.15, 0.2) is 24.3 Å². The number of ether oxygens (including phenoxy) is 1. The van der Waals surface area contributed by atoms with Crippen LogP contribution in [0, 0.1) is 0 Å². The zero-order valence-corrected chi connectivity index (χ0v) is 12.0. The second-order valence-electron chi connectivity index (χ2n) is 4.19. The highest BCUT2D eigenvalue weighted by molar-refractivity contribution is 7.80. The average molecular weight is 281 g/mol. The van der Waals surface area contributed by atoms with Gasteiger partial charge in [0.1, 0.15) is 4.99 Å². The van der Waals surface area contributed by atoms with E-state index in [1.807, 2.05) is 24.1 Å². The quantitative estimate of drug-likeness (QED) is 0.725. The Hall–Kier alpha value is -1.50. The van der Waals surface area contributed by atoms with Gasteiger partial charge in [-0.15, -0.1) is 0 Å². The van der Waals surface area contributed by atoms with E-state index in [-0.39, 0.29) is 17.4 Å². The molecule has 0 saturated carbocycles. The van der Waals surface area contributed by atoms with Crippen LogP contribution in [0.5, 0.6) is 0 Å². The van der Waals surface area contributed by atoms with Crippen LogP contribution in [0.4, 0.5) is 5.69 Å². The third-order valence-corrected chi connectivity index (χ3v) is 2.78. The van der Waals surface area contributed by atoms with Crippen molar-refractivity contribution in [2.45, 2.75) is 0 Å². The molecule has 1 aromatic rings. The number of carbonyl (C=O) groups excluding carboxylic acids is 1. The van der Waals surface area contributed by atoms with E-state index in [4.69, 9.17) is 22.7 Å². The van der Waals surface area contributed by atoms with Gasteiger partial charge in [-0.3, -0.25) is 9.69 Å². The molecule has 6 heteroatoms. The summed E-state index contributed by atoms with van der Waals surface area (Å²) >= 11 is 4.95. The molecule has 0 radical (unpaired) electrons. The van der Waals surface area contributed by atoms with Gasteiger partial charge in [0.2, 0.25) is 5.91 Å². The molecule has 0 saturated heterocycles. The van der Waals surface area contributed by atoms with Gasteiger partial charge in [-0.25, -0.2) is 0 Å². The lowest BCUT2D eigenvalue weighted by Gasteiger charge is -2.16. The minimum atomic E-state index is -0.109. The van der Waals surface area contributed by atoms with Gasteiger partial charge in [-0.05, 0) is 19.2 Å². The molecule has 0 heterocycles. The number of carbonyl (C=O) groups is 1. The summed E-state index contributed by atoms with van der Waals surface area (Å²) in [7, 11) is 3.49. The maximum Gasteiger partial charge on any atom is 0.238 e. The minimum absolute atomic E-state index is 0.109. The number of anilines is 1. The molecule has 104 valence electrons. The Morgan fingerprint density at radius 1 is 1.47 bits per heavy atom. The second-order valence-corrected chi connectivity index (χ2v) is 4.63. The number of benzene rings is 1. The summed E-state index contributed by atoms with van der Waals surface area (Å²) in [6.45, 7) is 1.57. The molecule has 0 aromatic heterocycles. The van der Waals surface area contributed by atoms with Crippen molar-refractivity contribution in [3.63, 3.8) is 0 Å². The minimum Gasteiger partial charge on any atom is -0.389 e. The number of nitrogens with two attached hydrogens (primary N) is 1. The van der Waals surface area contributed by atoms with Crippen LogP contribution in [0.25, 0.3) is 0 Å². The van der Waals surface area contributed by atoms with Crippen molar-refractivity contribution in [3.8, 4) is 0 Å². The Labute approximate surface area is 118 Å². The molecule has 1 aromatic carbocycles. The molecule has 1 amide bonds. The molecular formula is C13H19N3O2S. The van der Waals surface area contributed by atoms with E-state index in [0.29, 0.717) is 24.4 Å². The van der Waals surface area contributed by atoms with Crippen molar-refractivity contribution in [2.24, 2.45) is 5.73 Å². The number of nitrogens with zero attached hydrogens (tertiary/aromatic N) is 1. The molecule has 5 nitrogen and oxygen atoms in total. The van der Waals surface area contributed by atoms with E-state index in [0.717, 1.165) is 0 Å². The molecule has 0 atom stereocenters. The topological polar surface area (TPSA) is 67.6 Å². The normalized spacial score (nSPS) is 10.5. The highest BCUT2D eigenvalue weighted by Crippen LogP contribution is 2.14. The molecule has 0 unspecified atom stereocenters. The van der Waals surface area contributed by atoms with Crippen molar-refractivity contribution in [2.75, 3.05) is 39.2 Å². The molecule has 1 rings (SSSR count). The number of amides is 1. The first-order chi connectivity index (χ1) is 9.04. The summed E-state index contributed by atoms with van der Waals surface area (Å²) < 4.78 is 4.96. The number of hydrogen-bond donors (Lipinski definition) is 2. The molecule has 0 fully saturated rings. The fourth-order valence-corrected chi connectivity index (χ4v) is 1.75. The van der Waals surface area contributed by atoms with Crippen LogP contribution in [0.2, 0.25) is 0 Å². The number of rotatable bonds is 7. The first kappa shape index (κ1) is 15.6. The summed E-state index contributed by atoms with van der Waals surface area (Å²) in [4.78, 5) is 14.0. The zero-order valence-electron chi connectivity index (χ0n) is 11.2. The summed E-state index contributed by atoms with van der Waals surface area (Å²) in [5.41, 5.74) is 6.92. The number of likely N-dealkylation sites (N-methyl/N-ethyl adjacent to an activating group) is 1. The van der Waals surface area contributed by atoms with Gasteiger partial charge in [-0.1, -0.05) is 24.4 Å². The van der Waals surface area contributed by atoms with Crippen LogP contribution in [0.1, 0.15) is 5.56 Å². The van der Waals surface area contributed by atoms with Gasteiger partial charge in [0, 0.05) is 19.2 Å². The van der Waals surface area contributed by atoms with Crippen molar-refractivity contribution in [1.82, 2.24) is 4.90 Å². The SMILES string of the molecule is COCCN(C)CC(=O)Nc1ccccc1C(N)=S. The molecular weight excluding hydrogens is 262 g/mol. The standard InChI is InChI=1S/C13H19N3O2S/c1-16(7-8-18-2)9-12(17)15-11-6-4-3-5-10(11)13(14)19/h3-6H,7-9H2,1-2H3,(H2,14,19)(H,15,17). The van der Waals surface area contributed by atoms with Gasteiger partial charge in [0.15, 0.2) is 0 Å².